The van der Waals surface area contributed by atoms with E-state index in [9.17, 15) is 109 Å². The Labute approximate surface area is 827 Å². The molecule has 824 valence electrons. The summed E-state index contributed by atoms with van der Waals surface area (Å²) in [6.45, 7) is 21.6. The molecule has 0 aromatic heterocycles. The second-order valence-corrected chi connectivity index (χ2v) is 50.1. The first-order valence-corrected chi connectivity index (χ1v) is 58.8. The van der Waals surface area contributed by atoms with Gasteiger partial charge in [0.2, 0.25) is 0 Å². The predicted molar refractivity (Wildman–Crippen MR) is 488 cm³/mol. The van der Waals surface area contributed by atoms with Gasteiger partial charge in [-0.25, -0.2) is 0 Å². The number of hydrogen-bond donors (Lipinski definition) is 3. The van der Waals surface area contributed by atoms with E-state index >= 15 is 0 Å². The van der Waals surface area contributed by atoms with Crippen LogP contribution in [0.15, 0.2) is 0 Å². The minimum Gasteiger partial charge on any atom is -0.790 e. The largest absolute Gasteiger partial charge is 0.790 e. The topological polar surface area (TPSA) is 756 Å². The standard InChI is InChI=1S/C17H36BO14P3.C14H30BO13P3.C14H29BO10P2.C12H25BO8P2.C10H20BO6P.5CH4/c1-17(2,3)16-14(13-15(18)31-16)32-35(24,25)30-12-6-11-29-34(22,23)28-10-5-9-27-33(20,21)26-8-4-7-19;1-14(2,3)13-11(10-12(15)27-13)28-31(21,22)26-9-5-8-25-30(19,20)24-7-4-6-23-29(16,17)18;1-14(2,3)13-11(10-12(15)24-13)25-27(19,20)23-9-5-8-22-26(17,18)21-7-4-6-16;1-12(2,3)11-9(8-10(13)20-11)21-23(16,17)19-7-5-6-18-22(4,14)15;1-7(2)10-8(6-9(11)16-10)17-18(13,14)15-5-3-4-12;;;;;/h14-16,19H,4-13H2,1-3H3,(H,20,21)(H,22,23)(H,24,25);11-13H,4-10H2,1-3H3,(H,19,20)(H,21,22)(H2,16,17,18);11-13,16H,4-10H2,1-3H3,(H,17,18)(H,19,20);9-11H,5-8H2,1-4H3,(H,14,15)(H,16,17);7-10,12H,3-6H2,1-2H3,(H,13,14);5*1H4/p-12. The molecule has 0 saturated carbocycles. The monoisotopic (exact) mass is 2220 g/mol. The van der Waals surface area contributed by atoms with E-state index in [1.165, 1.54) is 0 Å². The van der Waals surface area contributed by atoms with E-state index in [-0.39, 0.29) is 216 Å². The number of aliphatic hydroxyl groups is 3. The van der Waals surface area contributed by atoms with Crippen molar-refractivity contribution in [2.75, 3.05) is 126 Å². The summed E-state index contributed by atoms with van der Waals surface area (Å²) in [6, 6.07) is -3.05. The van der Waals surface area contributed by atoms with Gasteiger partial charge in [-0.3, -0.25) is 41.1 Å². The molecule has 5 saturated heterocycles. The number of aliphatic hydroxyl groups excluding tert-OH is 3. The minimum atomic E-state index is -5.13. The highest BCUT2D eigenvalue weighted by molar-refractivity contribution is 7.50. The fourth-order valence-corrected chi connectivity index (χ4v) is 20.6. The minimum absolute atomic E-state index is 0. The number of rotatable bonds is 59. The highest BCUT2D eigenvalue weighted by atomic mass is 31.2. The van der Waals surface area contributed by atoms with Gasteiger partial charge in [0.1, 0.15) is 46.8 Å². The lowest BCUT2D eigenvalue weighted by atomic mass is 9.85. The van der Waals surface area contributed by atoms with E-state index in [0.29, 0.717) is 6.42 Å². The molecule has 0 aromatic carbocycles. The van der Waals surface area contributed by atoms with E-state index in [1.807, 2.05) is 96.9 Å². The Morgan fingerprint density at radius 1 is 0.266 bits per heavy atom. The van der Waals surface area contributed by atoms with Crippen molar-refractivity contribution in [1.29, 1.82) is 0 Å². The Kier molecular flexibility index (Phi) is 73.9. The number of phosphoric ester groups is 10. The van der Waals surface area contributed by atoms with Crippen LogP contribution in [0.25, 0.3) is 0 Å². The Balaban J connectivity index is -0.000000541. The smallest absolute Gasteiger partial charge is 0.268 e. The van der Waals surface area contributed by atoms with Gasteiger partial charge in [0, 0.05) is 56.5 Å². The number of phosphoric acid groups is 10. The lowest BCUT2D eigenvalue weighted by Crippen LogP contribution is -2.37. The summed E-state index contributed by atoms with van der Waals surface area (Å²) < 4.78 is 247. The summed E-state index contributed by atoms with van der Waals surface area (Å²) in [5.74, 6) is 0.0981. The zero-order valence-electron chi connectivity index (χ0n) is 77.6. The van der Waals surface area contributed by atoms with Crippen LogP contribution in [0.2, 0.25) is 0 Å². The molecule has 5 rings (SSSR count). The molecule has 25 unspecified atom stereocenters. The highest BCUT2D eigenvalue weighted by Crippen LogP contribution is 2.53. The van der Waals surface area contributed by atoms with E-state index in [2.05, 4.69) is 49.8 Å². The lowest BCUT2D eigenvalue weighted by Gasteiger charge is -2.34. The fourth-order valence-electron chi connectivity index (χ4n) is 12.0. The molecule has 51 nitrogen and oxygen atoms in total. The van der Waals surface area contributed by atoms with Gasteiger partial charge in [-0.05, 0) is 117 Å². The average molecular weight is 2220 g/mol. The maximum Gasteiger partial charge on any atom is 0.268 e. The van der Waals surface area contributed by atoms with E-state index in [1.54, 1.807) is 0 Å². The van der Waals surface area contributed by atoms with E-state index in [4.69, 9.17) is 119 Å². The lowest BCUT2D eigenvalue weighted by molar-refractivity contribution is -0.342. The average Bonchev–Trinajstić information content (AvgIpc) is 1.68. The molecule has 67 heteroatoms. The van der Waals surface area contributed by atoms with Gasteiger partial charge in [-0.1, -0.05) is 134 Å². The van der Waals surface area contributed by atoms with Crippen molar-refractivity contribution in [3.8, 4) is 0 Å². The summed E-state index contributed by atoms with van der Waals surface area (Å²) in [5, 5.41) is 25.7. The molecule has 0 bridgehead atoms. The van der Waals surface area contributed by atoms with Gasteiger partial charge < -0.3 is 197 Å². The Morgan fingerprint density at radius 3 is 0.597 bits per heavy atom. The maximum atomic E-state index is 12.1. The highest BCUT2D eigenvalue weighted by Gasteiger charge is 2.47. The first kappa shape index (κ1) is 149. The fraction of sp³-hybridized carbons (Fsp3) is 1.00. The normalized spacial score (nSPS) is 27.1. The van der Waals surface area contributed by atoms with Crippen molar-refractivity contribution < 1.29 is 238 Å². The molecule has 0 aliphatic carbocycles. The van der Waals surface area contributed by atoms with Crippen molar-refractivity contribution in [3.05, 3.63) is 0 Å². The molecular formula is C72H148B5O51P11-12. The summed E-state index contributed by atoms with van der Waals surface area (Å²) in [6.07, 6.45) is -4.99. The van der Waals surface area contributed by atoms with Crippen LogP contribution in [0, 0.1) is 27.6 Å². The molecular weight excluding hydrogens is 2080 g/mol. The van der Waals surface area contributed by atoms with Crippen molar-refractivity contribution in [1.82, 2.24) is 0 Å². The Hall–Kier alpha value is 1.25. The molecule has 5 aliphatic rings. The third-order valence-electron chi connectivity index (χ3n) is 17.5. The molecule has 5 aliphatic heterocycles. The van der Waals surface area contributed by atoms with Crippen LogP contribution < -0.4 is 58.7 Å². The van der Waals surface area contributed by atoms with Crippen LogP contribution in [0.1, 0.15) is 224 Å². The first-order valence-electron chi connectivity index (χ1n) is 42.2. The SMILES string of the molecule is C.C.C.C.C.[B]C1CC(OP(=O)([O-])OCCCO)C(C(C)C)O1.[B]C1CC(OP(=O)([O-])OCCCOP(=O)([O-])OCCCO)C(C(C)(C)C)O1.[B]C1CC(OP(=O)([O-])OCCCOP(=O)([O-])OCCCOP(=O)([O-])OCCCO)C(C(C)(C)C)O1.[B]C1CC(OP(=O)([O-])OCCCOP(=O)([O-])OCCCOP(=O)([O-])[O-])C(C(C)(C)C)O1.[B]C1CC(OP(=O)([O-])OCCCOP(C)(=O)[O-])C(C(C)(C)C)O1. The summed E-state index contributed by atoms with van der Waals surface area (Å²) >= 11 is 0. The van der Waals surface area contributed by atoms with Gasteiger partial charge in [0.05, 0.1) is 168 Å². The van der Waals surface area contributed by atoms with Crippen molar-refractivity contribution in [2.45, 2.75) is 315 Å². The molecule has 3 N–H and O–H groups in total. The van der Waals surface area contributed by atoms with Crippen LogP contribution in [0.4, 0.5) is 0 Å². The summed E-state index contributed by atoms with van der Waals surface area (Å²) in [7, 11) is -21.8. The van der Waals surface area contributed by atoms with Gasteiger partial charge in [0.25, 0.3) is 70.4 Å². The van der Waals surface area contributed by atoms with Gasteiger partial charge in [-0.2, -0.15) is 0 Å². The molecule has 0 amide bonds. The second kappa shape index (κ2) is 69.1. The van der Waals surface area contributed by atoms with Crippen molar-refractivity contribution >= 4 is 125 Å². The number of ether oxygens (including phenoxy) is 5. The van der Waals surface area contributed by atoms with E-state index in [0.717, 1.165) is 6.66 Å². The third-order valence-corrected chi connectivity index (χ3v) is 27.8. The van der Waals surface area contributed by atoms with Crippen LogP contribution >= 0.6 is 85.8 Å². The summed E-state index contributed by atoms with van der Waals surface area (Å²) in [4.78, 5) is 137. The van der Waals surface area contributed by atoms with Gasteiger partial charge >= 0.3 is 0 Å². The summed E-state index contributed by atoms with van der Waals surface area (Å²) in [5.41, 5.74) is -1.56. The molecule has 0 spiro atoms. The molecule has 139 heavy (non-hydrogen) atoms. The Morgan fingerprint density at radius 2 is 0.424 bits per heavy atom. The van der Waals surface area contributed by atoms with E-state index < -0.39 is 228 Å². The third kappa shape index (κ3) is 71.0. The van der Waals surface area contributed by atoms with Crippen LogP contribution in [-0.2, 0) is 164 Å². The van der Waals surface area contributed by atoms with Gasteiger partial charge in [-0.15, -0.1) is 0 Å². The molecule has 25 atom stereocenters. The quantitative estimate of drug-likeness (QED) is 0.0435. The van der Waals surface area contributed by atoms with Crippen molar-refractivity contribution in [3.63, 3.8) is 0 Å². The van der Waals surface area contributed by atoms with Crippen LogP contribution in [0.5, 0.6) is 0 Å². The zero-order valence-corrected chi connectivity index (χ0v) is 87.4. The molecule has 10 radical (unpaired) electrons. The van der Waals surface area contributed by atoms with Crippen LogP contribution in [-0.4, -0.2) is 271 Å². The number of hydrogen-bond acceptors (Lipinski definition) is 51. The maximum absolute atomic E-state index is 12.1. The van der Waals surface area contributed by atoms with Gasteiger partial charge in [0.15, 0.2) is 0 Å². The molecule has 5 heterocycles. The molecule has 5 fully saturated rings. The zero-order chi connectivity index (χ0) is 103. The predicted octanol–water partition coefficient (Wildman–Crippen LogP) is 4.26. The first-order chi connectivity index (χ1) is 61.1. The second-order valence-electron chi connectivity index (χ2n) is 34.7. The van der Waals surface area contributed by atoms with Crippen molar-refractivity contribution in [2.24, 2.45) is 27.6 Å². The molecule has 0 aromatic rings. The Bertz CT molecular complexity index is 3860. The van der Waals surface area contributed by atoms with Crippen LogP contribution in [0.3, 0.4) is 0 Å².